The maximum atomic E-state index is 13.8. The van der Waals surface area contributed by atoms with Crippen LogP contribution in [0.25, 0.3) is 0 Å². The molecule has 0 spiro atoms. The standard InChI is InChI=1S/C15H14BrF2N/c1-9-13(17)4-3-5-15(9)19-10(2)12-8-11(16)6-7-14(12)18/h3-8,10,19H,1-2H3. The molecule has 0 aliphatic carbocycles. The highest BCUT2D eigenvalue weighted by molar-refractivity contribution is 9.10. The molecule has 0 fully saturated rings. The van der Waals surface area contributed by atoms with Crippen molar-refractivity contribution in [1.29, 1.82) is 0 Å². The maximum absolute atomic E-state index is 13.8. The molecule has 0 amide bonds. The minimum absolute atomic E-state index is 0.252. The maximum Gasteiger partial charge on any atom is 0.128 e. The second kappa shape index (κ2) is 5.70. The van der Waals surface area contributed by atoms with Gasteiger partial charge in [0.15, 0.2) is 0 Å². The van der Waals surface area contributed by atoms with Gasteiger partial charge in [-0.25, -0.2) is 8.78 Å². The first kappa shape index (κ1) is 14.0. The van der Waals surface area contributed by atoms with Crippen LogP contribution >= 0.6 is 15.9 Å². The lowest BCUT2D eigenvalue weighted by atomic mass is 10.1. The van der Waals surface area contributed by atoms with E-state index in [1.807, 2.05) is 6.92 Å². The second-order valence-electron chi connectivity index (χ2n) is 4.44. The Morgan fingerprint density at radius 3 is 2.58 bits per heavy atom. The van der Waals surface area contributed by atoms with Gasteiger partial charge in [-0.1, -0.05) is 22.0 Å². The molecule has 2 rings (SSSR count). The number of rotatable bonds is 3. The molecule has 0 saturated heterocycles. The van der Waals surface area contributed by atoms with Crippen molar-refractivity contribution < 1.29 is 8.78 Å². The zero-order valence-electron chi connectivity index (χ0n) is 10.7. The quantitative estimate of drug-likeness (QED) is 0.816. The van der Waals surface area contributed by atoms with Crippen molar-refractivity contribution in [1.82, 2.24) is 0 Å². The summed E-state index contributed by atoms with van der Waals surface area (Å²) < 4.78 is 28.0. The van der Waals surface area contributed by atoms with Gasteiger partial charge in [-0.2, -0.15) is 0 Å². The summed E-state index contributed by atoms with van der Waals surface area (Å²) in [7, 11) is 0. The minimum atomic E-state index is -0.280. The third-order valence-corrected chi connectivity index (χ3v) is 3.56. The Kier molecular flexibility index (Phi) is 4.20. The van der Waals surface area contributed by atoms with Crippen LogP contribution in [0.5, 0.6) is 0 Å². The average molecular weight is 326 g/mol. The van der Waals surface area contributed by atoms with Crippen molar-refractivity contribution in [2.75, 3.05) is 5.32 Å². The Balaban J connectivity index is 2.28. The molecule has 19 heavy (non-hydrogen) atoms. The van der Waals surface area contributed by atoms with Crippen LogP contribution in [0.3, 0.4) is 0 Å². The fraction of sp³-hybridized carbons (Fsp3) is 0.200. The van der Waals surface area contributed by atoms with Gasteiger partial charge >= 0.3 is 0 Å². The van der Waals surface area contributed by atoms with Crippen molar-refractivity contribution in [2.24, 2.45) is 0 Å². The molecule has 0 bridgehead atoms. The van der Waals surface area contributed by atoms with Crippen molar-refractivity contribution in [2.45, 2.75) is 19.9 Å². The fourth-order valence-corrected chi connectivity index (χ4v) is 2.30. The van der Waals surface area contributed by atoms with E-state index < -0.39 is 0 Å². The van der Waals surface area contributed by atoms with Gasteiger partial charge in [-0.15, -0.1) is 0 Å². The van der Waals surface area contributed by atoms with Gasteiger partial charge in [0.2, 0.25) is 0 Å². The molecule has 0 saturated carbocycles. The highest BCUT2D eigenvalue weighted by Crippen LogP contribution is 2.27. The molecule has 1 nitrogen and oxygen atoms in total. The zero-order chi connectivity index (χ0) is 14.0. The lowest BCUT2D eigenvalue weighted by Gasteiger charge is -2.18. The summed E-state index contributed by atoms with van der Waals surface area (Å²) >= 11 is 3.32. The van der Waals surface area contributed by atoms with Gasteiger partial charge in [0.05, 0.1) is 6.04 Å². The van der Waals surface area contributed by atoms with E-state index in [4.69, 9.17) is 0 Å². The summed E-state index contributed by atoms with van der Waals surface area (Å²) in [5.74, 6) is -0.552. The van der Waals surface area contributed by atoms with E-state index in [1.54, 1.807) is 31.2 Å². The summed E-state index contributed by atoms with van der Waals surface area (Å²) in [6.07, 6.45) is 0. The Bertz CT molecular complexity index is 599. The molecule has 2 aromatic rings. The van der Waals surface area contributed by atoms with Gasteiger partial charge in [0, 0.05) is 21.3 Å². The molecule has 0 aromatic heterocycles. The van der Waals surface area contributed by atoms with Crippen molar-refractivity contribution >= 4 is 21.6 Å². The largest absolute Gasteiger partial charge is 0.378 e. The number of halogens is 3. The number of benzene rings is 2. The third kappa shape index (κ3) is 3.13. The van der Waals surface area contributed by atoms with Crippen LogP contribution in [0.15, 0.2) is 40.9 Å². The third-order valence-electron chi connectivity index (χ3n) is 3.06. The van der Waals surface area contributed by atoms with Gasteiger partial charge in [-0.05, 0) is 44.2 Å². The average Bonchev–Trinajstić information content (AvgIpc) is 2.38. The van der Waals surface area contributed by atoms with Crippen LogP contribution in [0.1, 0.15) is 24.1 Å². The monoisotopic (exact) mass is 325 g/mol. The summed E-state index contributed by atoms with van der Waals surface area (Å²) in [5, 5.41) is 3.13. The molecular weight excluding hydrogens is 312 g/mol. The van der Waals surface area contributed by atoms with Crippen LogP contribution in [-0.2, 0) is 0 Å². The van der Waals surface area contributed by atoms with Gasteiger partial charge in [0.1, 0.15) is 11.6 Å². The Morgan fingerprint density at radius 1 is 1.11 bits per heavy atom. The zero-order valence-corrected chi connectivity index (χ0v) is 12.3. The first-order valence-corrected chi connectivity index (χ1v) is 6.75. The van der Waals surface area contributed by atoms with Gasteiger partial charge < -0.3 is 5.32 Å². The van der Waals surface area contributed by atoms with Crippen LogP contribution < -0.4 is 5.32 Å². The predicted molar refractivity (Wildman–Crippen MR) is 77.3 cm³/mol. The molecule has 0 heterocycles. The molecule has 0 aliphatic heterocycles. The van der Waals surface area contributed by atoms with E-state index in [2.05, 4.69) is 21.2 Å². The highest BCUT2D eigenvalue weighted by atomic mass is 79.9. The number of hydrogen-bond acceptors (Lipinski definition) is 1. The van der Waals surface area contributed by atoms with Crippen LogP contribution in [0, 0.1) is 18.6 Å². The molecule has 1 unspecified atom stereocenters. The normalized spacial score (nSPS) is 12.3. The summed E-state index contributed by atoms with van der Waals surface area (Å²) in [4.78, 5) is 0. The molecule has 2 aromatic carbocycles. The van der Waals surface area contributed by atoms with E-state index in [-0.39, 0.29) is 17.7 Å². The van der Waals surface area contributed by atoms with E-state index in [1.165, 1.54) is 12.1 Å². The SMILES string of the molecule is Cc1c(F)cccc1NC(C)c1cc(Br)ccc1F. The minimum Gasteiger partial charge on any atom is -0.378 e. The van der Waals surface area contributed by atoms with E-state index in [0.717, 1.165) is 4.47 Å². The Hall–Kier alpha value is -1.42. The van der Waals surface area contributed by atoms with Crippen molar-refractivity contribution in [3.05, 3.63) is 63.6 Å². The van der Waals surface area contributed by atoms with E-state index in [0.29, 0.717) is 16.8 Å². The fourth-order valence-electron chi connectivity index (χ4n) is 1.92. The predicted octanol–water partition coefficient (Wildman–Crippen LogP) is 5.21. The van der Waals surface area contributed by atoms with Crippen LogP contribution in [0.2, 0.25) is 0 Å². The summed E-state index contributed by atoms with van der Waals surface area (Å²) in [6, 6.07) is 9.36. The second-order valence-corrected chi connectivity index (χ2v) is 5.36. The number of nitrogens with one attached hydrogen (secondary N) is 1. The number of anilines is 1. The van der Waals surface area contributed by atoms with Crippen LogP contribution in [-0.4, -0.2) is 0 Å². The molecule has 1 N–H and O–H groups in total. The lowest BCUT2D eigenvalue weighted by molar-refractivity contribution is 0.599. The van der Waals surface area contributed by atoms with Crippen molar-refractivity contribution in [3.8, 4) is 0 Å². The summed E-state index contributed by atoms with van der Waals surface area (Å²) in [5.41, 5.74) is 1.75. The topological polar surface area (TPSA) is 12.0 Å². The first-order chi connectivity index (χ1) is 8.99. The van der Waals surface area contributed by atoms with E-state index in [9.17, 15) is 8.78 Å². The van der Waals surface area contributed by atoms with Gasteiger partial charge in [0.25, 0.3) is 0 Å². The molecular formula is C15H14BrF2N. The van der Waals surface area contributed by atoms with Crippen molar-refractivity contribution in [3.63, 3.8) is 0 Å². The molecule has 4 heteroatoms. The molecule has 100 valence electrons. The highest BCUT2D eigenvalue weighted by Gasteiger charge is 2.13. The van der Waals surface area contributed by atoms with E-state index >= 15 is 0 Å². The Morgan fingerprint density at radius 2 is 1.84 bits per heavy atom. The number of hydrogen-bond donors (Lipinski definition) is 1. The first-order valence-electron chi connectivity index (χ1n) is 5.95. The molecule has 0 aliphatic rings. The van der Waals surface area contributed by atoms with Gasteiger partial charge in [-0.3, -0.25) is 0 Å². The summed E-state index contributed by atoms with van der Waals surface area (Å²) in [6.45, 7) is 3.54. The van der Waals surface area contributed by atoms with Crippen LogP contribution in [0.4, 0.5) is 14.5 Å². The molecule has 0 radical (unpaired) electrons. The Labute approximate surface area is 119 Å². The molecule has 1 atom stereocenters. The smallest absolute Gasteiger partial charge is 0.128 e. The lowest BCUT2D eigenvalue weighted by Crippen LogP contribution is -2.10.